The lowest BCUT2D eigenvalue weighted by atomic mass is 10.1. The summed E-state index contributed by atoms with van der Waals surface area (Å²) in [7, 11) is 0. The van der Waals surface area contributed by atoms with Gasteiger partial charge in [0, 0.05) is 6.61 Å². The smallest absolute Gasteiger partial charge is 0.372 e. The van der Waals surface area contributed by atoms with Crippen LogP contribution in [0, 0.1) is 11.3 Å². The number of rotatable bonds is 4. The van der Waals surface area contributed by atoms with Gasteiger partial charge in [-0.05, 0) is 25.1 Å². The molecule has 0 aromatic heterocycles. The van der Waals surface area contributed by atoms with E-state index in [1.54, 1.807) is 13.0 Å². The first-order valence-corrected chi connectivity index (χ1v) is 5.37. The Morgan fingerprint density at radius 3 is 2.68 bits per heavy atom. The number of halogens is 3. The molecule has 4 nitrogen and oxygen atoms in total. The van der Waals surface area contributed by atoms with E-state index in [0.717, 1.165) is 12.1 Å². The molecule has 19 heavy (non-hydrogen) atoms. The van der Waals surface area contributed by atoms with Crippen molar-refractivity contribution in [3.8, 4) is 6.07 Å². The van der Waals surface area contributed by atoms with Crippen molar-refractivity contribution in [3.05, 3.63) is 29.3 Å². The minimum atomic E-state index is -4.53. The number of anilines is 1. The highest BCUT2D eigenvalue weighted by atomic mass is 19.4. The zero-order valence-corrected chi connectivity index (χ0v) is 10.0. The van der Waals surface area contributed by atoms with Crippen molar-refractivity contribution in [2.24, 2.45) is 0 Å². The zero-order chi connectivity index (χ0) is 14.5. The molecule has 1 N–H and O–H groups in total. The topological polar surface area (TPSA) is 62.1 Å². The average molecular weight is 272 g/mol. The molecule has 0 heterocycles. The number of ether oxygens (including phenoxy) is 1. The first-order valence-electron chi connectivity index (χ1n) is 5.37. The molecule has 0 bridgehead atoms. The number of hydrogen-bond donors (Lipinski definition) is 1. The molecule has 0 radical (unpaired) electrons. The molecule has 1 rings (SSSR count). The highest BCUT2D eigenvalue weighted by molar-refractivity contribution is 5.93. The van der Waals surface area contributed by atoms with E-state index in [1.807, 2.05) is 0 Å². The number of nitriles is 1. The van der Waals surface area contributed by atoms with Crippen LogP contribution in [-0.4, -0.2) is 19.1 Å². The molecule has 1 amide bonds. The highest BCUT2D eigenvalue weighted by Gasteiger charge is 2.31. The second kappa shape index (κ2) is 6.20. The Morgan fingerprint density at radius 1 is 1.47 bits per heavy atom. The molecule has 0 saturated heterocycles. The fourth-order valence-electron chi connectivity index (χ4n) is 1.30. The Balaban J connectivity index is 2.92. The summed E-state index contributed by atoms with van der Waals surface area (Å²) in [6.07, 6.45) is -4.53. The molecule has 0 fully saturated rings. The number of amides is 1. The van der Waals surface area contributed by atoms with Crippen LogP contribution in [0.5, 0.6) is 0 Å². The predicted octanol–water partition coefficient (Wildman–Crippen LogP) is 2.55. The fourth-order valence-corrected chi connectivity index (χ4v) is 1.30. The maximum Gasteiger partial charge on any atom is 0.416 e. The molecule has 102 valence electrons. The van der Waals surface area contributed by atoms with E-state index in [9.17, 15) is 18.0 Å². The van der Waals surface area contributed by atoms with E-state index in [4.69, 9.17) is 10.00 Å². The minimum Gasteiger partial charge on any atom is -0.372 e. The van der Waals surface area contributed by atoms with E-state index in [1.165, 1.54) is 0 Å². The molecule has 1 aromatic rings. The second-order valence-corrected chi connectivity index (χ2v) is 3.56. The van der Waals surface area contributed by atoms with Gasteiger partial charge in [-0.3, -0.25) is 4.79 Å². The van der Waals surface area contributed by atoms with Gasteiger partial charge in [-0.1, -0.05) is 0 Å². The quantitative estimate of drug-likeness (QED) is 0.916. The summed E-state index contributed by atoms with van der Waals surface area (Å²) in [5, 5.41) is 11.1. The Bertz CT molecular complexity index is 507. The molecule has 0 aliphatic carbocycles. The van der Waals surface area contributed by atoms with Crippen LogP contribution in [0.25, 0.3) is 0 Å². The normalized spacial score (nSPS) is 10.9. The maximum absolute atomic E-state index is 12.4. The summed E-state index contributed by atoms with van der Waals surface area (Å²) in [6.45, 7) is 1.82. The highest BCUT2D eigenvalue weighted by Crippen LogP contribution is 2.31. The van der Waals surface area contributed by atoms with Crippen LogP contribution in [-0.2, 0) is 15.7 Å². The number of hydrogen-bond acceptors (Lipinski definition) is 3. The minimum absolute atomic E-state index is 0.0280. The van der Waals surface area contributed by atoms with Gasteiger partial charge < -0.3 is 10.1 Å². The number of nitrogens with one attached hydrogen (secondary N) is 1. The molecule has 0 aliphatic rings. The van der Waals surface area contributed by atoms with Crippen LogP contribution < -0.4 is 5.32 Å². The summed E-state index contributed by atoms with van der Waals surface area (Å²) in [5.74, 6) is -0.530. The van der Waals surface area contributed by atoms with Crippen molar-refractivity contribution in [2.45, 2.75) is 13.1 Å². The molecule has 0 saturated carbocycles. The van der Waals surface area contributed by atoms with Crippen LogP contribution >= 0.6 is 0 Å². The van der Waals surface area contributed by atoms with Gasteiger partial charge >= 0.3 is 6.18 Å². The van der Waals surface area contributed by atoms with Gasteiger partial charge in [0.15, 0.2) is 0 Å². The van der Waals surface area contributed by atoms with E-state index < -0.39 is 17.6 Å². The van der Waals surface area contributed by atoms with E-state index in [2.05, 4.69) is 5.32 Å². The number of benzene rings is 1. The van der Waals surface area contributed by atoms with Crippen LogP contribution in [0.1, 0.15) is 18.1 Å². The van der Waals surface area contributed by atoms with E-state index >= 15 is 0 Å². The third-order valence-corrected chi connectivity index (χ3v) is 2.18. The molecule has 0 spiro atoms. The van der Waals surface area contributed by atoms with E-state index in [-0.39, 0.29) is 17.9 Å². The van der Waals surface area contributed by atoms with E-state index in [0.29, 0.717) is 12.7 Å². The number of nitrogens with zero attached hydrogens (tertiary/aromatic N) is 1. The number of carbonyl (C=O) groups is 1. The SMILES string of the molecule is CCOCC(=O)Nc1ccc(C(F)(F)F)cc1C#N. The van der Waals surface area contributed by atoms with Crippen molar-refractivity contribution >= 4 is 11.6 Å². The van der Waals surface area contributed by atoms with Gasteiger partial charge in [0.1, 0.15) is 12.7 Å². The Hall–Kier alpha value is -2.07. The predicted molar refractivity (Wildman–Crippen MR) is 61.3 cm³/mol. The van der Waals surface area contributed by atoms with Crippen molar-refractivity contribution in [3.63, 3.8) is 0 Å². The largest absolute Gasteiger partial charge is 0.416 e. The Morgan fingerprint density at radius 2 is 2.16 bits per heavy atom. The average Bonchev–Trinajstić information content (AvgIpc) is 2.35. The molecule has 1 aromatic carbocycles. The van der Waals surface area contributed by atoms with Crippen LogP contribution in [0.15, 0.2) is 18.2 Å². The second-order valence-electron chi connectivity index (χ2n) is 3.56. The fraction of sp³-hybridized carbons (Fsp3) is 0.333. The van der Waals surface area contributed by atoms with Crippen LogP contribution in [0.4, 0.5) is 18.9 Å². The van der Waals surface area contributed by atoms with Gasteiger partial charge in [0.25, 0.3) is 0 Å². The van der Waals surface area contributed by atoms with Crippen molar-refractivity contribution in [1.82, 2.24) is 0 Å². The lowest BCUT2D eigenvalue weighted by Crippen LogP contribution is -2.19. The van der Waals surface area contributed by atoms with Gasteiger partial charge in [0.05, 0.1) is 16.8 Å². The van der Waals surface area contributed by atoms with Crippen LogP contribution in [0.3, 0.4) is 0 Å². The third-order valence-electron chi connectivity index (χ3n) is 2.18. The summed E-state index contributed by atoms with van der Waals surface area (Å²) in [4.78, 5) is 11.4. The van der Waals surface area contributed by atoms with Crippen molar-refractivity contribution in [1.29, 1.82) is 5.26 Å². The Kier molecular flexibility index (Phi) is 4.89. The lowest BCUT2D eigenvalue weighted by Gasteiger charge is -2.10. The van der Waals surface area contributed by atoms with Gasteiger partial charge in [-0.15, -0.1) is 0 Å². The first-order chi connectivity index (χ1) is 8.88. The maximum atomic E-state index is 12.4. The summed E-state index contributed by atoms with van der Waals surface area (Å²) < 4.78 is 42.2. The molecule has 0 atom stereocenters. The summed E-state index contributed by atoms with van der Waals surface area (Å²) in [6, 6.07) is 4.15. The molecular weight excluding hydrogens is 261 g/mol. The lowest BCUT2D eigenvalue weighted by molar-refractivity contribution is -0.137. The first kappa shape index (κ1) is 15.0. The molecule has 0 unspecified atom stereocenters. The van der Waals surface area contributed by atoms with Crippen molar-refractivity contribution in [2.75, 3.05) is 18.5 Å². The van der Waals surface area contributed by atoms with Crippen molar-refractivity contribution < 1.29 is 22.7 Å². The summed E-state index contributed by atoms with van der Waals surface area (Å²) in [5.41, 5.74) is -1.16. The van der Waals surface area contributed by atoms with Gasteiger partial charge in [0.2, 0.25) is 5.91 Å². The molecular formula is C12H11F3N2O2. The Labute approximate surface area is 107 Å². The zero-order valence-electron chi connectivity index (χ0n) is 10.0. The monoisotopic (exact) mass is 272 g/mol. The van der Waals surface area contributed by atoms with Gasteiger partial charge in [-0.25, -0.2) is 0 Å². The summed E-state index contributed by atoms with van der Waals surface area (Å²) >= 11 is 0. The van der Waals surface area contributed by atoms with Gasteiger partial charge in [-0.2, -0.15) is 18.4 Å². The number of carbonyl (C=O) groups excluding carboxylic acids is 1. The molecule has 0 aliphatic heterocycles. The third kappa shape index (κ3) is 4.26. The molecule has 7 heteroatoms. The standard InChI is InChI=1S/C12H11F3N2O2/c1-2-19-7-11(18)17-10-4-3-9(12(13,14)15)5-8(10)6-16/h3-5H,2,7H2,1H3,(H,17,18). The van der Waals surface area contributed by atoms with Crippen LogP contribution in [0.2, 0.25) is 0 Å². The number of alkyl halides is 3.